The normalized spacial score (nSPS) is 14.4. The van der Waals surface area contributed by atoms with Crippen LogP contribution in [0.25, 0.3) is 0 Å². The number of aryl methyl sites for hydroxylation is 2. The first-order valence-electron chi connectivity index (χ1n) is 10.9. The minimum atomic E-state index is 0.135. The largest absolute Gasteiger partial charge is 0.353 e. The maximum absolute atomic E-state index is 12.7. The molecule has 162 valence electrons. The Morgan fingerprint density at radius 2 is 1.74 bits per heavy atom. The van der Waals surface area contributed by atoms with Gasteiger partial charge in [0.15, 0.2) is 0 Å². The number of carbonyl (C=O) groups excluding carboxylic acids is 1. The first-order chi connectivity index (χ1) is 14.9. The summed E-state index contributed by atoms with van der Waals surface area (Å²) >= 11 is 1.51. The molecule has 3 aromatic rings. The highest BCUT2D eigenvalue weighted by atomic mass is 32.1. The summed E-state index contributed by atoms with van der Waals surface area (Å²) in [5.41, 5.74) is 4.76. The van der Waals surface area contributed by atoms with E-state index in [1.165, 1.54) is 28.0 Å². The van der Waals surface area contributed by atoms with Crippen molar-refractivity contribution in [3.63, 3.8) is 0 Å². The highest BCUT2D eigenvalue weighted by Gasteiger charge is 2.26. The lowest BCUT2D eigenvalue weighted by molar-refractivity contribution is 0.0751. The van der Waals surface area contributed by atoms with Gasteiger partial charge in [0.05, 0.1) is 4.88 Å². The Morgan fingerprint density at radius 1 is 1.03 bits per heavy atom. The number of hydrogen-bond donors (Lipinski definition) is 0. The lowest BCUT2D eigenvalue weighted by atomic mass is 10.0. The Bertz CT molecular complexity index is 1040. The Balaban J connectivity index is 1.59. The van der Waals surface area contributed by atoms with Crippen molar-refractivity contribution in [1.29, 1.82) is 0 Å². The van der Waals surface area contributed by atoms with Crippen molar-refractivity contribution in [2.24, 2.45) is 0 Å². The zero-order valence-corrected chi connectivity index (χ0v) is 19.6. The maximum Gasteiger partial charge on any atom is 0.264 e. The minimum absolute atomic E-state index is 0.135. The van der Waals surface area contributed by atoms with Crippen LogP contribution in [0.3, 0.4) is 0 Å². The Morgan fingerprint density at radius 3 is 2.35 bits per heavy atom. The summed E-state index contributed by atoms with van der Waals surface area (Å²) in [4.78, 5) is 27.7. The molecule has 0 spiro atoms. The molecule has 0 radical (unpaired) electrons. The van der Waals surface area contributed by atoms with E-state index in [1.807, 2.05) is 22.4 Å². The highest BCUT2D eigenvalue weighted by molar-refractivity contribution is 7.12. The summed E-state index contributed by atoms with van der Waals surface area (Å²) in [6, 6.07) is 12.5. The third kappa shape index (κ3) is 4.79. The van der Waals surface area contributed by atoms with E-state index in [1.54, 1.807) is 0 Å². The molecule has 0 unspecified atom stereocenters. The number of rotatable bonds is 5. The molecule has 5 nitrogen and oxygen atoms in total. The first-order valence-corrected chi connectivity index (χ1v) is 11.8. The number of aromatic nitrogens is 2. The van der Waals surface area contributed by atoms with Gasteiger partial charge in [-0.05, 0) is 30.9 Å². The van der Waals surface area contributed by atoms with Crippen LogP contribution in [0.4, 0.5) is 5.82 Å². The maximum atomic E-state index is 12.7. The van der Waals surface area contributed by atoms with E-state index in [2.05, 4.69) is 56.9 Å². The number of anilines is 1. The molecule has 31 heavy (non-hydrogen) atoms. The average Bonchev–Trinajstić information content (AvgIpc) is 3.31. The molecule has 0 atom stereocenters. The second-order valence-electron chi connectivity index (χ2n) is 8.54. The van der Waals surface area contributed by atoms with E-state index < -0.39 is 0 Å². The zero-order chi connectivity index (χ0) is 22.0. The van der Waals surface area contributed by atoms with Crippen LogP contribution in [0.1, 0.15) is 57.6 Å². The van der Waals surface area contributed by atoms with Crippen LogP contribution in [0.2, 0.25) is 0 Å². The van der Waals surface area contributed by atoms with E-state index in [0.717, 1.165) is 41.7 Å². The van der Waals surface area contributed by atoms with Crippen molar-refractivity contribution < 1.29 is 4.79 Å². The van der Waals surface area contributed by atoms with Crippen molar-refractivity contribution in [2.45, 2.75) is 40.0 Å². The van der Waals surface area contributed by atoms with Gasteiger partial charge in [0.1, 0.15) is 11.6 Å². The molecule has 1 saturated heterocycles. The van der Waals surface area contributed by atoms with Crippen molar-refractivity contribution in [1.82, 2.24) is 14.9 Å². The Kier molecular flexibility index (Phi) is 6.37. The van der Waals surface area contributed by atoms with Crippen LogP contribution in [-0.4, -0.2) is 47.0 Å². The SMILES string of the molecule is Cc1ccc(Cc2c(C)nc(C(C)C)nc2N2CCN(C(=O)c3cccs3)CC2)cc1. The fourth-order valence-corrected chi connectivity index (χ4v) is 4.61. The van der Waals surface area contributed by atoms with Gasteiger partial charge in [0, 0.05) is 49.8 Å². The molecule has 1 aliphatic rings. The molecule has 1 fully saturated rings. The average molecular weight is 435 g/mol. The number of amides is 1. The molecule has 0 saturated carbocycles. The monoisotopic (exact) mass is 434 g/mol. The number of hydrogen-bond acceptors (Lipinski definition) is 5. The van der Waals surface area contributed by atoms with Crippen LogP contribution >= 0.6 is 11.3 Å². The topological polar surface area (TPSA) is 49.3 Å². The molecule has 6 heteroatoms. The molecule has 1 amide bonds. The Labute approximate surface area is 188 Å². The fraction of sp³-hybridized carbons (Fsp3) is 0.400. The molecule has 3 heterocycles. The predicted octanol–water partition coefficient (Wildman–Crippen LogP) is 4.83. The van der Waals surface area contributed by atoms with Gasteiger partial charge in [0.25, 0.3) is 5.91 Å². The second kappa shape index (κ2) is 9.18. The van der Waals surface area contributed by atoms with Gasteiger partial charge in [-0.15, -0.1) is 11.3 Å². The third-order valence-corrected chi connectivity index (χ3v) is 6.68. The summed E-state index contributed by atoms with van der Waals surface area (Å²) in [6.45, 7) is 11.5. The molecule has 1 aliphatic heterocycles. The zero-order valence-electron chi connectivity index (χ0n) is 18.8. The summed E-state index contributed by atoms with van der Waals surface area (Å²) in [5, 5.41) is 1.96. The standard InChI is InChI=1S/C25H30N4OS/c1-17(2)23-26-19(4)21(16-20-9-7-18(3)8-10-20)24(27-23)28-11-13-29(14-12-28)25(30)22-6-5-15-31-22/h5-10,15,17H,11-14,16H2,1-4H3. The number of benzene rings is 1. The van der Waals surface area contributed by atoms with Gasteiger partial charge in [-0.2, -0.15) is 0 Å². The van der Waals surface area contributed by atoms with Gasteiger partial charge >= 0.3 is 0 Å². The molecule has 0 aliphatic carbocycles. The second-order valence-corrected chi connectivity index (χ2v) is 9.49. The number of nitrogens with zero attached hydrogens (tertiary/aromatic N) is 4. The van der Waals surface area contributed by atoms with E-state index in [9.17, 15) is 4.79 Å². The number of carbonyl (C=O) groups is 1. The molecular formula is C25H30N4OS. The van der Waals surface area contributed by atoms with Crippen molar-refractivity contribution >= 4 is 23.1 Å². The summed E-state index contributed by atoms with van der Waals surface area (Å²) < 4.78 is 0. The number of thiophene rings is 1. The van der Waals surface area contributed by atoms with Crippen molar-refractivity contribution in [2.75, 3.05) is 31.1 Å². The van der Waals surface area contributed by atoms with Gasteiger partial charge in [0.2, 0.25) is 0 Å². The van der Waals surface area contributed by atoms with Crippen LogP contribution in [-0.2, 0) is 6.42 Å². The molecular weight excluding hydrogens is 404 g/mol. The van der Waals surface area contributed by atoms with E-state index >= 15 is 0 Å². The van der Waals surface area contributed by atoms with Gasteiger partial charge in [-0.3, -0.25) is 4.79 Å². The van der Waals surface area contributed by atoms with E-state index in [0.29, 0.717) is 13.1 Å². The van der Waals surface area contributed by atoms with Crippen molar-refractivity contribution in [3.8, 4) is 0 Å². The predicted molar refractivity (Wildman–Crippen MR) is 127 cm³/mol. The molecule has 0 bridgehead atoms. The Hall–Kier alpha value is -2.73. The van der Waals surface area contributed by atoms with Gasteiger partial charge in [-0.1, -0.05) is 49.7 Å². The van der Waals surface area contributed by atoms with Crippen LogP contribution in [0.5, 0.6) is 0 Å². The molecule has 4 rings (SSSR count). The lowest BCUT2D eigenvalue weighted by Gasteiger charge is -2.36. The van der Waals surface area contributed by atoms with E-state index in [-0.39, 0.29) is 11.8 Å². The quantitative estimate of drug-likeness (QED) is 0.577. The summed E-state index contributed by atoms with van der Waals surface area (Å²) in [6.07, 6.45) is 0.814. The van der Waals surface area contributed by atoms with Crippen LogP contribution < -0.4 is 4.90 Å². The molecule has 2 aromatic heterocycles. The van der Waals surface area contributed by atoms with Crippen LogP contribution in [0.15, 0.2) is 41.8 Å². The van der Waals surface area contributed by atoms with E-state index in [4.69, 9.17) is 9.97 Å². The molecule has 1 aromatic carbocycles. The van der Waals surface area contributed by atoms with Crippen molar-refractivity contribution in [3.05, 3.63) is 74.9 Å². The third-order valence-electron chi connectivity index (χ3n) is 5.83. The summed E-state index contributed by atoms with van der Waals surface area (Å²) in [7, 11) is 0. The highest BCUT2D eigenvalue weighted by Crippen LogP contribution is 2.27. The van der Waals surface area contributed by atoms with Crippen LogP contribution in [0, 0.1) is 13.8 Å². The lowest BCUT2D eigenvalue weighted by Crippen LogP contribution is -2.49. The fourth-order valence-electron chi connectivity index (χ4n) is 3.92. The molecule has 0 N–H and O–H groups in total. The first kappa shape index (κ1) is 21.5. The summed E-state index contributed by atoms with van der Waals surface area (Å²) in [5.74, 6) is 2.32. The van der Waals surface area contributed by atoms with Gasteiger partial charge < -0.3 is 9.80 Å². The number of piperazine rings is 1. The smallest absolute Gasteiger partial charge is 0.264 e. The van der Waals surface area contributed by atoms with Gasteiger partial charge in [-0.25, -0.2) is 9.97 Å². The minimum Gasteiger partial charge on any atom is -0.353 e.